The summed E-state index contributed by atoms with van der Waals surface area (Å²) >= 11 is 0. The second-order valence-electron chi connectivity index (χ2n) is 4.39. The predicted molar refractivity (Wildman–Crippen MR) is 69.9 cm³/mol. The minimum Gasteiger partial charge on any atom is -0.399 e. The van der Waals surface area contributed by atoms with Gasteiger partial charge in [-0.05, 0) is 44.5 Å². The number of benzene rings is 1. The van der Waals surface area contributed by atoms with E-state index in [1.165, 1.54) is 11.3 Å². The van der Waals surface area contributed by atoms with E-state index < -0.39 is 0 Å². The van der Waals surface area contributed by atoms with Gasteiger partial charge in [0.1, 0.15) is 0 Å². The van der Waals surface area contributed by atoms with Crippen LogP contribution in [0.5, 0.6) is 0 Å². The Bertz CT molecular complexity index is 337. The number of rotatable bonds is 5. The van der Waals surface area contributed by atoms with Crippen LogP contribution in [0, 0.1) is 6.92 Å². The van der Waals surface area contributed by atoms with Crippen LogP contribution in [0.1, 0.15) is 19.4 Å². The SMILES string of the molecule is Cc1cc(N)ccc1N(C)CCOC(C)C. The molecule has 0 aliphatic carbocycles. The van der Waals surface area contributed by atoms with Crippen LogP contribution in [0.4, 0.5) is 11.4 Å². The van der Waals surface area contributed by atoms with Gasteiger partial charge in [-0.15, -0.1) is 0 Å². The third-order valence-corrected chi connectivity index (χ3v) is 2.51. The molecular formula is C13H22N2O. The summed E-state index contributed by atoms with van der Waals surface area (Å²) in [6.45, 7) is 7.81. The average molecular weight is 222 g/mol. The zero-order valence-electron chi connectivity index (χ0n) is 10.7. The van der Waals surface area contributed by atoms with Crippen molar-refractivity contribution in [2.45, 2.75) is 26.9 Å². The van der Waals surface area contributed by atoms with Crippen molar-refractivity contribution in [1.82, 2.24) is 0 Å². The lowest BCUT2D eigenvalue weighted by atomic mass is 10.1. The molecule has 0 bridgehead atoms. The van der Waals surface area contributed by atoms with Crippen LogP contribution in [0.15, 0.2) is 18.2 Å². The number of likely N-dealkylation sites (N-methyl/N-ethyl adjacent to an activating group) is 1. The standard InChI is InChI=1S/C13H22N2O/c1-10(2)16-8-7-15(4)13-6-5-12(14)9-11(13)3/h5-6,9-10H,7-8,14H2,1-4H3. The Morgan fingerprint density at radius 1 is 1.38 bits per heavy atom. The van der Waals surface area contributed by atoms with E-state index in [1.807, 2.05) is 12.1 Å². The molecule has 1 rings (SSSR count). The number of nitrogens with two attached hydrogens (primary N) is 1. The second-order valence-corrected chi connectivity index (χ2v) is 4.39. The topological polar surface area (TPSA) is 38.5 Å². The van der Waals surface area contributed by atoms with Gasteiger partial charge in [0.15, 0.2) is 0 Å². The highest BCUT2D eigenvalue weighted by molar-refractivity contribution is 5.58. The fourth-order valence-corrected chi connectivity index (χ4v) is 1.65. The number of nitrogen functional groups attached to an aromatic ring is 1. The maximum absolute atomic E-state index is 5.72. The Hall–Kier alpha value is -1.22. The highest BCUT2D eigenvalue weighted by atomic mass is 16.5. The summed E-state index contributed by atoms with van der Waals surface area (Å²) in [7, 11) is 2.07. The third-order valence-electron chi connectivity index (χ3n) is 2.51. The molecule has 0 saturated heterocycles. The normalized spacial score (nSPS) is 10.8. The van der Waals surface area contributed by atoms with Crippen molar-refractivity contribution in [3.63, 3.8) is 0 Å². The molecule has 90 valence electrons. The van der Waals surface area contributed by atoms with E-state index in [0.717, 1.165) is 18.8 Å². The Balaban J connectivity index is 2.55. The fraction of sp³-hybridized carbons (Fsp3) is 0.538. The molecular weight excluding hydrogens is 200 g/mol. The average Bonchev–Trinajstić information content (AvgIpc) is 2.16. The highest BCUT2D eigenvalue weighted by Crippen LogP contribution is 2.20. The molecule has 0 spiro atoms. The minimum atomic E-state index is 0.293. The van der Waals surface area contributed by atoms with Crippen LogP contribution in [0.25, 0.3) is 0 Å². The summed E-state index contributed by atoms with van der Waals surface area (Å²) in [5.74, 6) is 0. The van der Waals surface area contributed by atoms with E-state index in [2.05, 4.69) is 38.8 Å². The van der Waals surface area contributed by atoms with Gasteiger partial charge in [-0.1, -0.05) is 0 Å². The molecule has 3 heteroatoms. The van der Waals surface area contributed by atoms with Crippen LogP contribution < -0.4 is 10.6 Å². The minimum absolute atomic E-state index is 0.293. The number of anilines is 2. The molecule has 0 fully saturated rings. The predicted octanol–water partition coefficient (Wildman–Crippen LogP) is 2.44. The summed E-state index contributed by atoms with van der Waals surface area (Å²) in [6, 6.07) is 5.98. The van der Waals surface area contributed by atoms with Gasteiger partial charge in [-0.25, -0.2) is 0 Å². The van der Waals surface area contributed by atoms with Crippen molar-refractivity contribution in [2.75, 3.05) is 30.8 Å². The van der Waals surface area contributed by atoms with Gasteiger partial charge in [0.05, 0.1) is 12.7 Å². The van der Waals surface area contributed by atoms with E-state index in [0.29, 0.717) is 6.10 Å². The molecule has 0 atom stereocenters. The number of hydrogen-bond donors (Lipinski definition) is 1. The lowest BCUT2D eigenvalue weighted by Crippen LogP contribution is -2.24. The third kappa shape index (κ3) is 3.74. The van der Waals surface area contributed by atoms with E-state index in [1.54, 1.807) is 0 Å². The largest absolute Gasteiger partial charge is 0.399 e. The van der Waals surface area contributed by atoms with Crippen LogP contribution in [-0.4, -0.2) is 26.3 Å². The lowest BCUT2D eigenvalue weighted by Gasteiger charge is -2.22. The fourth-order valence-electron chi connectivity index (χ4n) is 1.65. The van der Waals surface area contributed by atoms with E-state index >= 15 is 0 Å². The number of hydrogen-bond acceptors (Lipinski definition) is 3. The van der Waals surface area contributed by atoms with Gasteiger partial charge in [-0.2, -0.15) is 0 Å². The molecule has 16 heavy (non-hydrogen) atoms. The molecule has 0 amide bonds. The zero-order valence-corrected chi connectivity index (χ0v) is 10.7. The van der Waals surface area contributed by atoms with Gasteiger partial charge < -0.3 is 15.4 Å². The molecule has 0 aliphatic rings. The maximum atomic E-state index is 5.72. The number of ether oxygens (including phenoxy) is 1. The van der Waals surface area contributed by atoms with E-state index in [-0.39, 0.29) is 0 Å². The molecule has 1 aromatic rings. The second kappa shape index (κ2) is 5.75. The number of nitrogens with zero attached hydrogens (tertiary/aromatic N) is 1. The molecule has 0 unspecified atom stereocenters. The van der Waals surface area contributed by atoms with Crippen LogP contribution in [-0.2, 0) is 4.74 Å². The first-order valence-corrected chi connectivity index (χ1v) is 5.69. The molecule has 0 aliphatic heterocycles. The van der Waals surface area contributed by atoms with E-state index in [9.17, 15) is 0 Å². The molecule has 0 saturated carbocycles. The summed E-state index contributed by atoms with van der Waals surface area (Å²) in [5.41, 5.74) is 8.95. The monoisotopic (exact) mass is 222 g/mol. The van der Waals surface area contributed by atoms with Crippen molar-refractivity contribution in [3.8, 4) is 0 Å². The maximum Gasteiger partial charge on any atom is 0.0644 e. The van der Waals surface area contributed by atoms with Gasteiger partial charge in [-0.3, -0.25) is 0 Å². The molecule has 1 aromatic carbocycles. The van der Waals surface area contributed by atoms with Crippen LogP contribution >= 0.6 is 0 Å². The van der Waals surface area contributed by atoms with Crippen LogP contribution in [0.2, 0.25) is 0 Å². The lowest BCUT2D eigenvalue weighted by molar-refractivity contribution is 0.0846. The molecule has 0 heterocycles. The van der Waals surface area contributed by atoms with Gasteiger partial charge >= 0.3 is 0 Å². The van der Waals surface area contributed by atoms with Crippen molar-refractivity contribution in [2.24, 2.45) is 0 Å². The number of aryl methyl sites for hydroxylation is 1. The van der Waals surface area contributed by atoms with Gasteiger partial charge in [0, 0.05) is 25.0 Å². The summed E-state index contributed by atoms with van der Waals surface area (Å²) in [5, 5.41) is 0. The van der Waals surface area contributed by atoms with E-state index in [4.69, 9.17) is 10.5 Å². The summed E-state index contributed by atoms with van der Waals surface area (Å²) in [6.07, 6.45) is 0.293. The quantitative estimate of drug-likeness (QED) is 0.778. The first-order chi connectivity index (χ1) is 7.50. The highest BCUT2D eigenvalue weighted by Gasteiger charge is 2.04. The zero-order chi connectivity index (χ0) is 12.1. The summed E-state index contributed by atoms with van der Waals surface area (Å²) < 4.78 is 5.53. The van der Waals surface area contributed by atoms with Crippen molar-refractivity contribution >= 4 is 11.4 Å². The van der Waals surface area contributed by atoms with Gasteiger partial charge in [0.2, 0.25) is 0 Å². The van der Waals surface area contributed by atoms with Crippen molar-refractivity contribution in [3.05, 3.63) is 23.8 Å². The van der Waals surface area contributed by atoms with Crippen molar-refractivity contribution in [1.29, 1.82) is 0 Å². The van der Waals surface area contributed by atoms with Crippen molar-refractivity contribution < 1.29 is 4.74 Å². The molecule has 2 N–H and O–H groups in total. The first-order valence-electron chi connectivity index (χ1n) is 5.69. The molecule has 3 nitrogen and oxygen atoms in total. The smallest absolute Gasteiger partial charge is 0.0644 e. The summed E-state index contributed by atoms with van der Waals surface area (Å²) in [4.78, 5) is 2.19. The first kappa shape index (κ1) is 12.8. The van der Waals surface area contributed by atoms with Crippen LogP contribution in [0.3, 0.4) is 0 Å². The molecule has 0 radical (unpaired) electrons. The van der Waals surface area contributed by atoms with Gasteiger partial charge in [0.25, 0.3) is 0 Å². The Labute approximate surface area is 98.2 Å². The Kier molecular flexibility index (Phi) is 4.62. The Morgan fingerprint density at radius 3 is 2.62 bits per heavy atom. The Morgan fingerprint density at radius 2 is 2.06 bits per heavy atom. The molecule has 0 aromatic heterocycles.